The average molecular weight is 357 g/mol. The molecule has 3 aromatic rings. The van der Waals surface area contributed by atoms with Gasteiger partial charge >= 0.3 is 0 Å². The monoisotopic (exact) mass is 356 g/mol. The number of hydrogen-bond acceptors (Lipinski definition) is 0. The Hall–Kier alpha value is -2.05. The van der Waals surface area contributed by atoms with E-state index >= 15 is 0 Å². The molecule has 2 bridgehead atoms. The number of hydrogen-bond donors (Lipinski definition) is 0. The van der Waals surface area contributed by atoms with Crippen LogP contribution in [0.15, 0.2) is 66.7 Å². The molecule has 2 saturated carbocycles. The lowest BCUT2D eigenvalue weighted by atomic mass is 9.66. The van der Waals surface area contributed by atoms with Crippen LogP contribution in [0.1, 0.15) is 36.8 Å². The van der Waals surface area contributed by atoms with Crippen molar-refractivity contribution in [1.29, 1.82) is 0 Å². The quantitative estimate of drug-likeness (QED) is 0.436. The van der Waals surface area contributed by atoms with Gasteiger partial charge < -0.3 is 0 Å². The van der Waals surface area contributed by atoms with Crippen molar-refractivity contribution in [3.8, 4) is 22.3 Å². The molecule has 0 heterocycles. The Labute approximate surface area is 159 Å². The summed E-state index contributed by atoms with van der Waals surface area (Å²) in [7, 11) is 0. The van der Waals surface area contributed by atoms with Crippen LogP contribution in [-0.2, 0) is 5.41 Å². The second-order valence-corrected chi connectivity index (χ2v) is 8.74. The van der Waals surface area contributed by atoms with E-state index in [1.165, 1.54) is 42.4 Å². The average Bonchev–Trinajstić information content (AvgIpc) is 3.36. The summed E-state index contributed by atoms with van der Waals surface area (Å²) in [6.45, 7) is 0. The molecule has 1 heteroatoms. The van der Waals surface area contributed by atoms with Crippen LogP contribution in [0, 0.1) is 11.8 Å². The smallest absolute Gasteiger partial charge is 0.0484 e. The van der Waals surface area contributed by atoms with Crippen molar-refractivity contribution < 1.29 is 0 Å². The maximum atomic E-state index is 6.51. The zero-order chi connectivity index (χ0) is 17.3. The number of benzene rings is 3. The summed E-state index contributed by atoms with van der Waals surface area (Å²) in [5, 5.41) is 0.838. The van der Waals surface area contributed by atoms with Crippen molar-refractivity contribution >= 4 is 11.6 Å². The molecule has 0 nitrogen and oxygen atoms in total. The first-order valence-electron chi connectivity index (χ1n) is 9.77. The van der Waals surface area contributed by atoms with E-state index in [0.29, 0.717) is 0 Å². The van der Waals surface area contributed by atoms with E-state index in [0.717, 1.165) is 22.4 Å². The first-order chi connectivity index (χ1) is 12.8. The molecule has 0 amide bonds. The first-order valence-corrected chi connectivity index (χ1v) is 10.1. The Morgan fingerprint density at radius 1 is 0.769 bits per heavy atom. The van der Waals surface area contributed by atoms with Gasteiger partial charge in [0, 0.05) is 16.0 Å². The van der Waals surface area contributed by atoms with Gasteiger partial charge in [-0.3, -0.25) is 0 Å². The summed E-state index contributed by atoms with van der Waals surface area (Å²) < 4.78 is 0. The minimum Gasteiger partial charge on any atom is -0.0837 e. The molecule has 6 rings (SSSR count). The first kappa shape index (κ1) is 15.1. The third kappa shape index (κ3) is 1.81. The molecule has 0 aromatic heterocycles. The topological polar surface area (TPSA) is 0 Å². The molecule has 2 fully saturated rings. The summed E-state index contributed by atoms with van der Waals surface area (Å²) in [6, 6.07) is 24.4. The van der Waals surface area contributed by atoms with Crippen LogP contribution in [0.2, 0.25) is 5.02 Å². The number of fused-ring (bicyclic) bond motifs is 8. The predicted octanol–water partition coefficient (Wildman–Crippen LogP) is 7.09. The van der Waals surface area contributed by atoms with Crippen LogP contribution in [0.5, 0.6) is 0 Å². The van der Waals surface area contributed by atoms with Gasteiger partial charge in [-0.2, -0.15) is 0 Å². The Balaban J connectivity index is 1.62. The van der Waals surface area contributed by atoms with Crippen LogP contribution >= 0.6 is 11.6 Å². The lowest BCUT2D eigenvalue weighted by Crippen LogP contribution is -2.31. The van der Waals surface area contributed by atoms with E-state index < -0.39 is 0 Å². The standard InChI is InChI=1S/C25H21Cl/c26-24-8-4-2-5-19(24)17-10-12-21-20-6-1-3-7-22(20)25(23(21)14-17)15-16-9-11-18(25)13-16/h1-8,10,12,14,16,18H,9,11,13,15H2. The van der Waals surface area contributed by atoms with Crippen molar-refractivity contribution in [2.75, 3.05) is 0 Å². The molecule has 0 aliphatic heterocycles. The molecule has 0 saturated heterocycles. The van der Waals surface area contributed by atoms with E-state index in [2.05, 4.69) is 54.6 Å². The van der Waals surface area contributed by atoms with Crippen molar-refractivity contribution in [2.45, 2.75) is 31.1 Å². The van der Waals surface area contributed by atoms with Gasteiger partial charge in [0.2, 0.25) is 0 Å². The molecule has 1 spiro atoms. The summed E-state index contributed by atoms with van der Waals surface area (Å²) in [5.41, 5.74) is 8.69. The lowest BCUT2D eigenvalue weighted by Gasteiger charge is -2.36. The van der Waals surface area contributed by atoms with Crippen molar-refractivity contribution in [1.82, 2.24) is 0 Å². The van der Waals surface area contributed by atoms with Gasteiger partial charge in [-0.15, -0.1) is 0 Å². The van der Waals surface area contributed by atoms with Crippen LogP contribution in [-0.4, -0.2) is 0 Å². The highest BCUT2D eigenvalue weighted by Crippen LogP contribution is 2.65. The van der Waals surface area contributed by atoms with Crippen LogP contribution < -0.4 is 0 Å². The SMILES string of the molecule is Clc1ccccc1-c1ccc2c(c1)C1(CC3CCC1C3)c1ccccc1-2. The van der Waals surface area contributed by atoms with Gasteiger partial charge in [0.1, 0.15) is 0 Å². The molecule has 3 aliphatic rings. The van der Waals surface area contributed by atoms with Gasteiger partial charge in [-0.25, -0.2) is 0 Å². The highest BCUT2D eigenvalue weighted by Gasteiger charge is 2.56. The molecule has 0 N–H and O–H groups in total. The van der Waals surface area contributed by atoms with E-state index in [1.807, 2.05) is 12.1 Å². The Morgan fingerprint density at radius 3 is 2.31 bits per heavy atom. The summed E-state index contributed by atoms with van der Waals surface area (Å²) in [4.78, 5) is 0. The number of halogens is 1. The fourth-order valence-electron chi connectivity index (χ4n) is 6.25. The minimum atomic E-state index is 0.242. The second kappa shape index (κ2) is 5.24. The van der Waals surface area contributed by atoms with Gasteiger partial charge in [-0.05, 0) is 71.0 Å². The van der Waals surface area contributed by atoms with Crippen molar-refractivity contribution in [2.24, 2.45) is 11.8 Å². The van der Waals surface area contributed by atoms with Gasteiger partial charge in [0.15, 0.2) is 0 Å². The van der Waals surface area contributed by atoms with Crippen molar-refractivity contribution in [3.05, 3.63) is 82.9 Å². The van der Waals surface area contributed by atoms with E-state index in [-0.39, 0.29) is 5.41 Å². The third-order valence-corrected chi connectivity index (χ3v) is 7.56. The molecule has 3 unspecified atom stereocenters. The predicted molar refractivity (Wildman–Crippen MR) is 109 cm³/mol. The Morgan fingerprint density at radius 2 is 1.54 bits per heavy atom. The minimum absolute atomic E-state index is 0.242. The molecule has 0 radical (unpaired) electrons. The summed E-state index contributed by atoms with van der Waals surface area (Å²) in [5.74, 6) is 1.71. The van der Waals surface area contributed by atoms with Gasteiger partial charge in [0.25, 0.3) is 0 Å². The molecule has 3 aliphatic carbocycles. The van der Waals surface area contributed by atoms with E-state index in [9.17, 15) is 0 Å². The fourth-order valence-corrected chi connectivity index (χ4v) is 6.50. The third-order valence-electron chi connectivity index (χ3n) is 7.23. The van der Waals surface area contributed by atoms with Crippen LogP contribution in [0.3, 0.4) is 0 Å². The largest absolute Gasteiger partial charge is 0.0837 e. The Bertz CT molecular complexity index is 1030. The van der Waals surface area contributed by atoms with Crippen molar-refractivity contribution in [3.63, 3.8) is 0 Å². The maximum absolute atomic E-state index is 6.51. The highest BCUT2D eigenvalue weighted by atomic mass is 35.5. The maximum Gasteiger partial charge on any atom is 0.0484 e. The van der Waals surface area contributed by atoms with E-state index in [4.69, 9.17) is 11.6 Å². The van der Waals surface area contributed by atoms with E-state index in [1.54, 1.807) is 11.1 Å². The molecule has 128 valence electrons. The Kier molecular flexibility index (Phi) is 3.03. The van der Waals surface area contributed by atoms with Gasteiger partial charge in [0.05, 0.1) is 0 Å². The van der Waals surface area contributed by atoms with Gasteiger partial charge in [-0.1, -0.05) is 72.6 Å². The zero-order valence-electron chi connectivity index (χ0n) is 14.7. The molecule has 26 heavy (non-hydrogen) atoms. The molecular formula is C25H21Cl. The fraction of sp³-hybridized carbons (Fsp3) is 0.280. The second-order valence-electron chi connectivity index (χ2n) is 8.34. The summed E-state index contributed by atoms with van der Waals surface area (Å²) in [6.07, 6.45) is 5.54. The normalized spacial score (nSPS) is 27.7. The molecule has 3 atom stereocenters. The van der Waals surface area contributed by atoms with Crippen LogP contribution in [0.25, 0.3) is 22.3 Å². The highest BCUT2D eigenvalue weighted by molar-refractivity contribution is 6.33. The summed E-state index contributed by atoms with van der Waals surface area (Å²) >= 11 is 6.51. The van der Waals surface area contributed by atoms with Crippen LogP contribution in [0.4, 0.5) is 0 Å². The molecule has 3 aromatic carbocycles. The zero-order valence-corrected chi connectivity index (χ0v) is 15.5. The molecular weight excluding hydrogens is 336 g/mol. The number of rotatable bonds is 1. The lowest BCUT2D eigenvalue weighted by molar-refractivity contribution is 0.327.